The van der Waals surface area contributed by atoms with Crippen molar-refractivity contribution in [3.8, 4) is 11.1 Å². The first-order valence-corrected chi connectivity index (χ1v) is 16.4. The van der Waals surface area contributed by atoms with Gasteiger partial charge in [-0.3, -0.25) is 4.90 Å². The molecule has 1 aromatic heterocycles. The average Bonchev–Trinajstić information content (AvgIpc) is 3.41. The number of halogens is 1. The van der Waals surface area contributed by atoms with Gasteiger partial charge in [-0.2, -0.15) is 4.37 Å². The van der Waals surface area contributed by atoms with Gasteiger partial charge in [-0.25, -0.2) is 17.5 Å². The molecule has 2 atom stereocenters. The van der Waals surface area contributed by atoms with Gasteiger partial charge in [0.15, 0.2) is 0 Å². The van der Waals surface area contributed by atoms with Crippen LogP contribution in [-0.2, 0) is 10.0 Å². The zero-order chi connectivity index (χ0) is 27.5. The molecule has 210 valence electrons. The minimum Gasteiger partial charge on any atom is -0.353 e. The molecule has 4 aromatic rings. The molecule has 1 saturated carbocycles. The SMILES string of the molecule is O=S(=O)(NC[C@@H]1CCCC[C@H]1CN1CCN(c2nsc3cc(F)ccc23)CC1)c1cccc(-c2ccccc2)c1. The lowest BCUT2D eigenvalue weighted by atomic mass is 9.79. The van der Waals surface area contributed by atoms with Crippen LogP contribution in [0, 0.1) is 17.7 Å². The lowest BCUT2D eigenvalue weighted by Crippen LogP contribution is -2.49. The van der Waals surface area contributed by atoms with E-state index >= 15 is 0 Å². The fourth-order valence-electron chi connectivity index (χ4n) is 6.17. The molecule has 0 spiro atoms. The first-order chi connectivity index (χ1) is 19.5. The lowest BCUT2D eigenvalue weighted by Gasteiger charge is -2.40. The van der Waals surface area contributed by atoms with Gasteiger partial charge in [0.1, 0.15) is 11.6 Å². The van der Waals surface area contributed by atoms with E-state index in [0.29, 0.717) is 23.3 Å². The predicted molar refractivity (Wildman–Crippen MR) is 161 cm³/mol. The zero-order valence-electron chi connectivity index (χ0n) is 22.5. The number of rotatable bonds is 8. The van der Waals surface area contributed by atoms with Crippen LogP contribution in [0.2, 0.25) is 0 Å². The van der Waals surface area contributed by atoms with E-state index in [4.69, 9.17) is 0 Å². The number of aromatic nitrogens is 1. The third-order valence-electron chi connectivity index (χ3n) is 8.43. The van der Waals surface area contributed by atoms with Gasteiger partial charge >= 0.3 is 0 Å². The molecule has 2 heterocycles. The van der Waals surface area contributed by atoms with Crippen LogP contribution >= 0.6 is 11.5 Å². The van der Waals surface area contributed by atoms with E-state index < -0.39 is 10.0 Å². The maximum absolute atomic E-state index is 13.6. The first kappa shape index (κ1) is 27.3. The van der Waals surface area contributed by atoms with Gasteiger partial charge in [-0.1, -0.05) is 55.3 Å². The van der Waals surface area contributed by atoms with E-state index in [-0.39, 0.29) is 5.82 Å². The highest BCUT2D eigenvalue weighted by Crippen LogP contribution is 2.33. The molecule has 0 radical (unpaired) electrons. The summed E-state index contributed by atoms with van der Waals surface area (Å²) in [5.74, 6) is 1.54. The number of hydrogen-bond acceptors (Lipinski definition) is 6. The zero-order valence-corrected chi connectivity index (χ0v) is 24.1. The van der Waals surface area contributed by atoms with Crippen molar-refractivity contribution in [2.45, 2.75) is 30.6 Å². The van der Waals surface area contributed by atoms with Crippen LogP contribution in [0.1, 0.15) is 25.7 Å². The van der Waals surface area contributed by atoms with E-state index in [1.165, 1.54) is 24.0 Å². The van der Waals surface area contributed by atoms with Gasteiger partial charge in [-0.05, 0) is 77.7 Å². The highest BCUT2D eigenvalue weighted by atomic mass is 32.2. The van der Waals surface area contributed by atoms with Crippen molar-refractivity contribution < 1.29 is 12.8 Å². The van der Waals surface area contributed by atoms with E-state index in [2.05, 4.69) is 18.9 Å². The number of anilines is 1. The molecule has 6 nitrogen and oxygen atoms in total. The van der Waals surface area contributed by atoms with Crippen molar-refractivity contribution in [1.82, 2.24) is 14.0 Å². The van der Waals surface area contributed by atoms with E-state index in [0.717, 1.165) is 79.0 Å². The maximum Gasteiger partial charge on any atom is 0.240 e. The topological polar surface area (TPSA) is 65.5 Å². The standard InChI is InChI=1S/C31H35FN4O2S2/c32-27-13-14-29-30(20-27)39-34-31(29)36-17-15-35(16-18-36)22-26-10-5-4-9-25(26)21-33-40(37,38)28-12-6-11-24(19-28)23-7-2-1-3-8-23/h1-3,6-8,11-14,19-20,25-26,33H,4-5,9-10,15-18,21-22H2/t25-,26-/m0/s1. The summed E-state index contributed by atoms with van der Waals surface area (Å²) in [6, 6.07) is 22.0. The summed E-state index contributed by atoms with van der Waals surface area (Å²) in [5.41, 5.74) is 1.90. The molecule has 0 unspecified atom stereocenters. The van der Waals surface area contributed by atoms with Crippen molar-refractivity contribution >= 4 is 37.5 Å². The number of benzene rings is 3. The Balaban J connectivity index is 1.06. The molecule has 1 aliphatic carbocycles. The number of hydrogen-bond donors (Lipinski definition) is 1. The molecule has 9 heteroatoms. The minimum atomic E-state index is -3.60. The minimum absolute atomic E-state index is 0.224. The Morgan fingerprint density at radius 3 is 2.42 bits per heavy atom. The molecule has 1 saturated heterocycles. The van der Waals surface area contributed by atoms with E-state index in [9.17, 15) is 12.8 Å². The maximum atomic E-state index is 13.6. The van der Waals surface area contributed by atoms with Crippen LogP contribution in [0.15, 0.2) is 77.7 Å². The first-order valence-electron chi connectivity index (χ1n) is 14.1. The number of fused-ring (bicyclic) bond motifs is 1. The summed E-state index contributed by atoms with van der Waals surface area (Å²) in [4.78, 5) is 5.14. The molecule has 0 bridgehead atoms. The molecule has 1 aliphatic heterocycles. The molecule has 2 fully saturated rings. The van der Waals surface area contributed by atoms with E-state index in [1.54, 1.807) is 18.2 Å². The Morgan fingerprint density at radius 2 is 1.62 bits per heavy atom. The largest absolute Gasteiger partial charge is 0.353 e. The number of sulfonamides is 1. The third-order valence-corrected chi connectivity index (χ3v) is 10.7. The van der Waals surface area contributed by atoms with Crippen molar-refractivity contribution in [3.63, 3.8) is 0 Å². The number of nitrogens with one attached hydrogen (secondary N) is 1. The monoisotopic (exact) mass is 578 g/mol. The van der Waals surface area contributed by atoms with Crippen LogP contribution in [0.25, 0.3) is 21.2 Å². The summed E-state index contributed by atoms with van der Waals surface area (Å²) in [5, 5.41) is 1.02. The van der Waals surface area contributed by atoms with Crippen LogP contribution in [0.5, 0.6) is 0 Å². The molecular weight excluding hydrogens is 543 g/mol. The summed E-state index contributed by atoms with van der Waals surface area (Å²) in [6.45, 7) is 5.13. The van der Waals surface area contributed by atoms with Gasteiger partial charge in [0.05, 0.1) is 9.60 Å². The molecule has 6 rings (SSSR count). The Morgan fingerprint density at radius 1 is 0.875 bits per heavy atom. The fraction of sp³-hybridized carbons (Fsp3) is 0.387. The summed E-state index contributed by atoms with van der Waals surface area (Å²) >= 11 is 1.36. The Hall–Kier alpha value is -2.85. The molecular formula is C31H35FN4O2S2. The second-order valence-corrected chi connectivity index (χ2v) is 13.6. The van der Waals surface area contributed by atoms with E-state index in [1.807, 2.05) is 48.5 Å². The second kappa shape index (κ2) is 11.9. The summed E-state index contributed by atoms with van der Waals surface area (Å²) in [6.07, 6.45) is 4.54. The van der Waals surface area contributed by atoms with Gasteiger partial charge < -0.3 is 4.90 Å². The lowest BCUT2D eigenvalue weighted by molar-refractivity contribution is 0.147. The van der Waals surface area contributed by atoms with Gasteiger partial charge in [0.2, 0.25) is 10.0 Å². The summed E-state index contributed by atoms with van der Waals surface area (Å²) < 4.78 is 48.6. The quantitative estimate of drug-likeness (QED) is 0.278. The molecule has 1 N–H and O–H groups in total. The Labute approximate surface area is 240 Å². The average molecular weight is 579 g/mol. The van der Waals surface area contributed by atoms with Gasteiger partial charge in [-0.15, -0.1) is 0 Å². The molecule has 40 heavy (non-hydrogen) atoms. The van der Waals surface area contributed by atoms with Crippen molar-refractivity contribution in [1.29, 1.82) is 0 Å². The molecule has 2 aliphatic rings. The molecule has 0 amide bonds. The van der Waals surface area contributed by atoms with Crippen LogP contribution in [0.4, 0.5) is 10.2 Å². The smallest absolute Gasteiger partial charge is 0.240 e. The number of piperazine rings is 1. The number of nitrogens with zero attached hydrogens (tertiary/aromatic N) is 3. The Kier molecular flexibility index (Phi) is 8.16. The van der Waals surface area contributed by atoms with Gasteiger partial charge in [0.25, 0.3) is 0 Å². The predicted octanol–water partition coefficient (Wildman–Crippen LogP) is 6.01. The Bertz CT molecular complexity index is 1550. The highest BCUT2D eigenvalue weighted by Gasteiger charge is 2.30. The van der Waals surface area contributed by atoms with Crippen molar-refractivity contribution in [2.24, 2.45) is 11.8 Å². The third kappa shape index (κ3) is 6.07. The van der Waals surface area contributed by atoms with Gasteiger partial charge in [0, 0.05) is 44.7 Å². The second-order valence-electron chi connectivity index (χ2n) is 11.0. The summed E-state index contributed by atoms with van der Waals surface area (Å²) in [7, 11) is -3.60. The highest BCUT2D eigenvalue weighted by molar-refractivity contribution is 7.89. The molecule has 3 aromatic carbocycles. The normalized spacial score (nSPS) is 20.7. The fourth-order valence-corrected chi connectivity index (χ4v) is 8.13. The van der Waals surface area contributed by atoms with Crippen LogP contribution in [-0.4, -0.2) is 57.0 Å². The van der Waals surface area contributed by atoms with Crippen molar-refractivity contribution in [2.75, 3.05) is 44.2 Å². The van der Waals surface area contributed by atoms with Crippen LogP contribution in [0.3, 0.4) is 0 Å². The van der Waals surface area contributed by atoms with Crippen molar-refractivity contribution in [3.05, 3.63) is 78.6 Å². The van der Waals surface area contributed by atoms with Crippen LogP contribution < -0.4 is 9.62 Å².